The second kappa shape index (κ2) is 7.19. The smallest absolute Gasteiger partial charge is 0.417 e. The monoisotopic (exact) mass is 398 g/mol. The van der Waals surface area contributed by atoms with E-state index in [4.69, 9.17) is 11.6 Å². The quantitative estimate of drug-likeness (QED) is 0.856. The number of benzene rings is 1. The number of carbonyl (C=O) groups is 2. The summed E-state index contributed by atoms with van der Waals surface area (Å²) in [6.45, 7) is 0.0737. The maximum atomic E-state index is 12.6. The van der Waals surface area contributed by atoms with E-state index in [1.807, 2.05) is 0 Å². The summed E-state index contributed by atoms with van der Waals surface area (Å²) in [4.78, 5) is 29.1. The molecule has 1 amide bonds. The molecule has 1 fully saturated rings. The minimum absolute atomic E-state index is 0.0514. The van der Waals surface area contributed by atoms with E-state index in [1.54, 1.807) is 24.3 Å². The molecule has 9 heteroatoms. The van der Waals surface area contributed by atoms with E-state index in [-0.39, 0.29) is 18.8 Å². The Kier molecular flexibility index (Phi) is 5.10. The first kappa shape index (κ1) is 19.2. The summed E-state index contributed by atoms with van der Waals surface area (Å²) in [5.74, 6) is -2.93. The van der Waals surface area contributed by atoms with Gasteiger partial charge in [-0.3, -0.25) is 14.6 Å². The van der Waals surface area contributed by atoms with Gasteiger partial charge in [0, 0.05) is 30.2 Å². The fourth-order valence-corrected chi connectivity index (χ4v) is 3.24. The van der Waals surface area contributed by atoms with E-state index >= 15 is 0 Å². The van der Waals surface area contributed by atoms with E-state index in [2.05, 4.69) is 4.98 Å². The molecule has 0 radical (unpaired) electrons. The molecular formula is C18H14ClF3N2O3. The van der Waals surface area contributed by atoms with Gasteiger partial charge in [-0.2, -0.15) is 13.2 Å². The number of carbonyl (C=O) groups excluding carboxylic acids is 1. The molecule has 2 atom stereocenters. The number of carboxylic acids is 1. The average Bonchev–Trinajstić information content (AvgIpc) is 3.07. The van der Waals surface area contributed by atoms with Crippen molar-refractivity contribution in [2.45, 2.75) is 12.1 Å². The number of rotatable bonds is 3. The molecule has 3 rings (SSSR count). The molecule has 0 spiro atoms. The normalized spacial score (nSPS) is 19.9. The van der Waals surface area contributed by atoms with Crippen LogP contribution in [0.5, 0.6) is 0 Å². The number of aliphatic carboxylic acids is 1. The van der Waals surface area contributed by atoms with Gasteiger partial charge < -0.3 is 10.0 Å². The number of aromatic nitrogens is 1. The summed E-state index contributed by atoms with van der Waals surface area (Å²) < 4.78 is 37.9. The van der Waals surface area contributed by atoms with Gasteiger partial charge >= 0.3 is 12.1 Å². The van der Waals surface area contributed by atoms with Crippen LogP contribution in [0, 0.1) is 5.92 Å². The topological polar surface area (TPSA) is 70.5 Å². The Bertz CT molecular complexity index is 854. The minimum atomic E-state index is -4.55. The van der Waals surface area contributed by atoms with Crippen molar-refractivity contribution in [3.63, 3.8) is 0 Å². The van der Waals surface area contributed by atoms with Gasteiger partial charge in [0.15, 0.2) is 0 Å². The molecule has 1 aromatic heterocycles. The number of carboxylic acid groups (broad SMARTS) is 1. The Balaban J connectivity index is 1.81. The van der Waals surface area contributed by atoms with Crippen molar-refractivity contribution in [3.8, 4) is 0 Å². The molecule has 5 nitrogen and oxygen atoms in total. The highest BCUT2D eigenvalue weighted by Crippen LogP contribution is 2.34. The van der Waals surface area contributed by atoms with Gasteiger partial charge in [0.1, 0.15) is 5.69 Å². The van der Waals surface area contributed by atoms with E-state index in [0.717, 1.165) is 17.7 Å². The van der Waals surface area contributed by atoms with Gasteiger partial charge in [-0.15, -0.1) is 0 Å². The van der Waals surface area contributed by atoms with Crippen molar-refractivity contribution in [3.05, 3.63) is 64.4 Å². The molecular weight excluding hydrogens is 385 g/mol. The molecule has 0 unspecified atom stereocenters. The molecule has 142 valence electrons. The molecule has 0 aliphatic carbocycles. The molecule has 2 aromatic rings. The third-order valence-corrected chi connectivity index (χ3v) is 4.78. The van der Waals surface area contributed by atoms with Crippen LogP contribution in [0.4, 0.5) is 13.2 Å². The van der Waals surface area contributed by atoms with Crippen molar-refractivity contribution in [1.29, 1.82) is 0 Å². The summed E-state index contributed by atoms with van der Waals surface area (Å²) >= 11 is 5.85. The van der Waals surface area contributed by atoms with Crippen molar-refractivity contribution in [2.75, 3.05) is 13.1 Å². The van der Waals surface area contributed by atoms with Crippen LogP contribution in [0.3, 0.4) is 0 Å². The van der Waals surface area contributed by atoms with Crippen LogP contribution in [-0.2, 0) is 11.0 Å². The second-order valence-corrected chi connectivity index (χ2v) is 6.68. The first-order chi connectivity index (χ1) is 12.7. The van der Waals surface area contributed by atoms with Crippen LogP contribution in [0.1, 0.15) is 27.5 Å². The number of amides is 1. The lowest BCUT2D eigenvalue weighted by molar-refractivity contribution is -0.141. The maximum Gasteiger partial charge on any atom is 0.417 e. The molecule has 2 heterocycles. The molecule has 27 heavy (non-hydrogen) atoms. The number of hydrogen-bond acceptors (Lipinski definition) is 3. The third-order valence-electron chi connectivity index (χ3n) is 4.53. The summed E-state index contributed by atoms with van der Waals surface area (Å²) in [7, 11) is 0. The van der Waals surface area contributed by atoms with Crippen LogP contribution < -0.4 is 0 Å². The summed E-state index contributed by atoms with van der Waals surface area (Å²) in [5, 5.41) is 10.00. The fourth-order valence-electron chi connectivity index (χ4n) is 3.12. The predicted octanol–water partition coefficient (Wildman–Crippen LogP) is 3.69. The molecule has 1 saturated heterocycles. The molecule has 0 bridgehead atoms. The van der Waals surface area contributed by atoms with Gasteiger partial charge in [-0.05, 0) is 29.8 Å². The van der Waals surface area contributed by atoms with E-state index < -0.39 is 35.5 Å². The van der Waals surface area contributed by atoms with Crippen molar-refractivity contribution >= 4 is 23.5 Å². The highest BCUT2D eigenvalue weighted by atomic mass is 35.5. The number of hydrogen-bond donors (Lipinski definition) is 1. The first-order valence-corrected chi connectivity index (χ1v) is 8.35. The molecule has 1 aliphatic heterocycles. The second-order valence-electron chi connectivity index (χ2n) is 6.24. The van der Waals surface area contributed by atoms with Crippen LogP contribution in [-0.4, -0.2) is 40.0 Å². The van der Waals surface area contributed by atoms with E-state index in [9.17, 15) is 27.9 Å². The van der Waals surface area contributed by atoms with Crippen molar-refractivity contribution in [2.24, 2.45) is 5.92 Å². The standard InChI is InChI=1S/C18H14ClF3N2O3/c19-12-4-1-10(2-5-12)13-8-24(9-14(13)17(26)27)16(25)15-6-3-11(7-23-15)18(20,21)22/h1-7,13-14H,8-9H2,(H,26,27)/t13-,14+/m0/s1. The highest BCUT2D eigenvalue weighted by Gasteiger charge is 2.41. The highest BCUT2D eigenvalue weighted by molar-refractivity contribution is 6.30. The number of nitrogens with zero attached hydrogens (tertiary/aromatic N) is 2. The molecule has 0 saturated carbocycles. The predicted molar refractivity (Wildman–Crippen MR) is 90.5 cm³/mol. The van der Waals surface area contributed by atoms with Crippen LogP contribution in [0.25, 0.3) is 0 Å². The van der Waals surface area contributed by atoms with Crippen LogP contribution in [0.15, 0.2) is 42.6 Å². The van der Waals surface area contributed by atoms with Gasteiger partial charge in [-0.1, -0.05) is 23.7 Å². The third kappa shape index (κ3) is 4.05. The van der Waals surface area contributed by atoms with Crippen LogP contribution >= 0.6 is 11.6 Å². The summed E-state index contributed by atoms with van der Waals surface area (Å²) in [6.07, 6.45) is -3.95. The van der Waals surface area contributed by atoms with E-state index in [1.165, 1.54) is 4.90 Å². The Morgan fingerprint density at radius 1 is 1.11 bits per heavy atom. The lowest BCUT2D eigenvalue weighted by Gasteiger charge is -2.16. The molecule has 1 N–H and O–H groups in total. The largest absolute Gasteiger partial charge is 0.481 e. The van der Waals surface area contributed by atoms with Gasteiger partial charge in [0.2, 0.25) is 0 Å². The summed E-state index contributed by atoms with van der Waals surface area (Å²) in [5.41, 5.74) is -0.394. The average molecular weight is 399 g/mol. The Labute approximate surface area is 157 Å². The zero-order valence-electron chi connectivity index (χ0n) is 13.8. The number of pyridine rings is 1. The van der Waals surface area contributed by atoms with Gasteiger partial charge in [0.05, 0.1) is 11.5 Å². The van der Waals surface area contributed by atoms with Crippen LogP contribution in [0.2, 0.25) is 5.02 Å². The SMILES string of the molecule is O=C(O)[C@@H]1CN(C(=O)c2ccc(C(F)(F)F)cn2)C[C@H]1c1ccc(Cl)cc1. The number of halogens is 4. The molecule has 1 aliphatic rings. The lowest BCUT2D eigenvalue weighted by atomic mass is 9.89. The zero-order valence-corrected chi connectivity index (χ0v) is 14.5. The van der Waals surface area contributed by atoms with Gasteiger partial charge in [0.25, 0.3) is 5.91 Å². The minimum Gasteiger partial charge on any atom is -0.481 e. The first-order valence-electron chi connectivity index (χ1n) is 7.97. The van der Waals surface area contributed by atoms with Gasteiger partial charge in [-0.25, -0.2) is 0 Å². The molecule has 1 aromatic carbocycles. The Morgan fingerprint density at radius 2 is 1.78 bits per heavy atom. The van der Waals surface area contributed by atoms with Crippen molar-refractivity contribution < 1.29 is 27.9 Å². The Hall–Kier alpha value is -2.61. The zero-order chi connectivity index (χ0) is 19.8. The fraction of sp³-hybridized carbons (Fsp3) is 0.278. The Morgan fingerprint density at radius 3 is 2.30 bits per heavy atom. The summed E-state index contributed by atoms with van der Waals surface area (Å²) in [6, 6.07) is 8.45. The maximum absolute atomic E-state index is 12.6. The number of likely N-dealkylation sites (tertiary alicyclic amines) is 1. The lowest BCUT2D eigenvalue weighted by Crippen LogP contribution is -2.30. The van der Waals surface area contributed by atoms with Crippen molar-refractivity contribution in [1.82, 2.24) is 9.88 Å². The number of alkyl halides is 3. The van der Waals surface area contributed by atoms with E-state index in [0.29, 0.717) is 11.2 Å².